The summed E-state index contributed by atoms with van der Waals surface area (Å²) >= 11 is 0. The molecule has 2 N–H and O–H groups in total. The van der Waals surface area contributed by atoms with Crippen molar-refractivity contribution in [3.63, 3.8) is 0 Å². The van der Waals surface area contributed by atoms with E-state index in [4.69, 9.17) is 9.47 Å². The number of alkyl carbamates (subject to hydrolysis) is 2. The van der Waals surface area contributed by atoms with Crippen molar-refractivity contribution in [2.75, 3.05) is 32.8 Å². The molecule has 12 nitrogen and oxygen atoms in total. The van der Waals surface area contributed by atoms with Crippen LogP contribution in [0.2, 0.25) is 0 Å². The molecule has 0 aromatic heterocycles. The van der Waals surface area contributed by atoms with Crippen LogP contribution in [0.25, 0.3) is 0 Å². The van der Waals surface area contributed by atoms with E-state index in [9.17, 15) is 28.8 Å². The highest BCUT2D eigenvalue weighted by Crippen LogP contribution is 2.49. The van der Waals surface area contributed by atoms with Gasteiger partial charge >= 0.3 is 12.2 Å². The molecule has 2 aliphatic heterocycles. The first-order valence-corrected chi connectivity index (χ1v) is 14.8. The molecule has 2 heterocycles. The molecular weight excluding hydrogens is 544 g/mol. The minimum atomic E-state index is -0.472. The minimum Gasteiger partial charge on any atom is -0.450 e. The lowest BCUT2D eigenvalue weighted by Gasteiger charge is -2.50. The Morgan fingerprint density at radius 1 is 0.762 bits per heavy atom. The molecule has 0 spiro atoms. The van der Waals surface area contributed by atoms with Crippen molar-refractivity contribution in [2.45, 2.75) is 84.6 Å². The van der Waals surface area contributed by atoms with Gasteiger partial charge in [0.15, 0.2) is 0 Å². The molecule has 6 amide bonds. The number of carbonyl (C=O) groups is 6. The molecule has 2 unspecified atom stereocenters. The second-order valence-corrected chi connectivity index (χ2v) is 12.1. The molecule has 232 valence electrons. The Morgan fingerprint density at radius 2 is 1.24 bits per heavy atom. The van der Waals surface area contributed by atoms with Crippen LogP contribution in [0, 0.1) is 10.8 Å². The Balaban J connectivity index is 1.24. The van der Waals surface area contributed by atoms with Crippen LogP contribution in [0.4, 0.5) is 9.59 Å². The van der Waals surface area contributed by atoms with Gasteiger partial charge in [-0.1, -0.05) is 20.8 Å². The first-order chi connectivity index (χ1) is 19.9. The smallest absolute Gasteiger partial charge is 0.407 e. The SMILES string of the molecule is CC1(C)CC(NC(=O)OCCCCCN2C(=O)C=CC2=O)CCC1(C)CNC(=O)OCCCCCN1C(=O)C=CC1=O. The first kappa shape index (κ1) is 32.8. The molecule has 0 bridgehead atoms. The molecule has 0 saturated heterocycles. The Morgan fingerprint density at radius 3 is 1.71 bits per heavy atom. The molecule has 0 aromatic carbocycles. The standard InChI is InChI=1S/C30H44N4O8/c1-29(2)20-22(32-28(40)42-19-9-5-7-17-34-25(37)12-13-26(34)38)14-15-30(29,3)21-31-27(39)41-18-8-4-6-16-33-23(35)10-11-24(33)36/h10-13,22H,4-9,14-21H2,1-3H3,(H,31,39)(H,32,40). The first-order valence-electron chi connectivity index (χ1n) is 14.8. The number of carbonyl (C=O) groups excluding carboxylic acids is 6. The van der Waals surface area contributed by atoms with Crippen LogP contribution >= 0.6 is 0 Å². The quantitative estimate of drug-likeness (QED) is 0.219. The van der Waals surface area contributed by atoms with Gasteiger partial charge in [0.05, 0.1) is 13.2 Å². The maximum Gasteiger partial charge on any atom is 0.407 e. The highest BCUT2D eigenvalue weighted by Gasteiger charge is 2.46. The summed E-state index contributed by atoms with van der Waals surface area (Å²) in [7, 11) is 0. The topological polar surface area (TPSA) is 151 Å². The Kier molecular flexibility index (Phi) is 11.7. The van der Waals surface area contributed by atoms with Crippen LogP contribution < -0.4 is 10.6 Å². The van der Waals surface area contributed by atoms with E-state index >= 15 is 0 Å². The van der Waals surface area contributed by atoms with Crippen LogP contribution in [0.1, 0.15) is 78.6 Å². The fourth-order valence-corrected chi connectivity index (χ4v) is 5.50. The molecular formula is C30H44N4O8. The fraction of sp³-hybridized carbons (Fsp3) is 0.667. The molecule has 0 radical (unpaired) electrons. The summed E-state index contributed by atoms with van der Waals surface area (Å²) in [6.45, 7) is 8.11. The van der Waals surface area contributed by atoms with Crippen LogP contribution in [-0.4, -0.2) is 84.5 Å². The van der Waals surface area contributed by atoms with E-state index in [1.165, 1.54) is 34.1 Å². The largest absolute Gasteiger partial charge is 0.450 e. The third-order valence-corrected chi connectivity index (χ3v) is 8.70. The fourth-order valence-electron chi connectivity index (χ4n) is 5.50. The zero-order valence-electron chi connectivity index (χ0n) is 24.9. The van der Waals surface area contributed by atoms with E-state index in [0.29, 0.717) is 45.3 Å². The molecule has 1 saturated carbocycles. The molecule has 1 aliphatic carbocycles. The van der Waals surface area contributed by atoms with Crippen molar-refractivity contribution >= 4 is 35.8 Å². The number of hydrogen-bond donors (Lipinski definition) is 2. The highest BCUT2D eigenvalue weighted by atomic mass is 16.6. The summed E-state index contributed by atoms with van der Waals surface area (Å²) < 4.78 is 10.7. The van der Waals surface area contributed by atoms with Crippen molar-refractivity contribution in [3.05, 3.63) is 24.3 Å². The van der Waals surface area contributed by atoms with E-state index in [-0.39, 0.29) is 53.7 Å². The molecule has 12 heteroatoms. The molecule has 3 aliphatic rings. The van der Waals surface area contributed by atoms with Gasteiger partial charge in [0.2, 0.25) is 0 Å². The second-order valence-electron chi connectivity index (χ2n) is 12.1. The molecule has 3 rings (SSSR count). The van der Waals surface area contributed by atoms with Gasteiger partial charge in [-0.3, -0.25) is 29.0 Å². The van der Waals surface area contributed by atoms with E-state index < -0.39 is 12.2 Å². The number of amides is 6. The molecule has 1 fully saturated rings. The number of imide groups is 2. The van der Waals surface area contributed by atoms with Crippen LogP contribution in [0.3, 0.4) is 0 Å². The van der Waals surface area contributed by atoms with Gasteiger partial charge in [-0.15, -0.1) is 0 Å². The van der Waals surface area contributed by atoms with Crippen molar-refractivity contribution in [1.29, 1.82) is 0 Å². The number of ether oxygens (including phenoxy) is 2. The predicted octanol–water partition coefficient (Wildman–Crippen LogP) is 3.21. The average Bonchev–Trinajstić information content (AvgIpc) is 3.43. The van der Waals surface area contributed by atoms with Crippen molar-refractivity contribution in [3.8, 4) is 0 Å². The molecule has 42 heavy (non-hydrogen) atoms. The number of unbranched alkanes of at least 4 members (excludes halogenated alkanes) is 4. The van der Waals surface area contributed by atoms with Gasteiger partial charge in [-0.05, 0) is 68.6 Å². The van der Waals surface area contributed by atoms with Gasteiger partial charge in [0, 0.05) is 50.0 Å². The summed E-state index contributed by atoms with van der Waals surface area (Å²) in [5.74, 6) is -1.14. The Bertz CT molecular complexity index is 1060. The number of nitrogens with one attached hydrogen (secondary N) is 2. The van der Waals surface area contributed by atoms with E-state index in [1.54, 1.807) is 0 Å². The van der Waals surface area contributed by atoms with E-state index in [1.807, 2.05) is 0 Å². The van der Waals surface area contributed by atoms with Crippen molar-refractivity contribution in [2.24, 2.45) is 10.8 Å². The van der Waals surface area contributed by atoms with Crippen LogP contribution in [-0.2, 0) is 28.7 Å². The number of rotatable bonds is 15. The highest BCUT2D eigenvalue weighted by molar-refractivity contribution is 6.13. The summed E-state index contributed by atoms with van der Waals surface area (Å²) in [6, 6.07) is -0.0332. The number of hydrogen-bond acceptors (Lipinski definition) is 8. The lowest BCUT2D eigenvalue weighted by atomic mass is 9.57. The summed E-state index contributed by atoms with van der Waals surface area (Å²) in [6.07, 6.45) is 10.5. The maximum atomic E-state index is 12.3. The Hall–Kier alpha value is -3.70. The van der Waals surface area contributed by atoms with Crippen LogP contribution in [0.15, 0.2) is 24.3 Å². The number of nitrogens with zero attached hydrogens (tertiary/aromatic N) is 2. The maximum absolute atomic E-state index is 12.3. The average molecular weight is 589 g/mol. The Labute approximate surface area is 247 Å². The normalized spacial score (nSPS) is 23.1. The van der Waals surface area contributed by atoms with E-state index in [0.717, 1.165) is 32.1 Å². The van der Waals surface area contributed by atoms with Gasteiger partial charge in [0.1, 0.15) is 0 Å². The summed E-state index contributed by atoms with van der Waals surface area (Å²) in [4.78, 5) is 73.2. The zero-order chi connectivity index (χ0) is 30.8. The predicted molar refractivity (Wildman–Crippen MR) is 153 cm³/mol. The summed E-state index contributed by atoms with van der Waals surface area (Å²) in [5, 5.41) is 5.86. The van der Waals surface area contributed by atoms with Crippen molar-refractivity contribution in [1.82, 2.24) is 20.4 Å². The van der Waals surface area contributed by atoms with Gasteiger partial charge in [0.25, 0.3) is 23.6 Å². The second kappa shape index (κ2) is 15.0. The third kappa shape index (κ3) is 9.15. The van der Waals surface area contributed by atoms with Crippen molar-refractivity contribution < 1.29 is 38.2 Å². The van der Waals surface area contributed by atoms with E-state index in [2.05, 4.69) is 31.4 Å². The van der Waals surface area contributed by atoms with Gasteiger partial charge in [-0.25, -0.2) is 9.59 Å². The van der Waals surface area contributed by atoms with Crippen LogP contribution in [0.5, 0.6) is 0 Å². The molecule has 2 atom stereocenters. The van der Waals surface area contributed by atoms with Gasteiger partial charge in [-0.2, -0.15) is 0 Å². The summed E-state index contributed by atoms with van der Waals surface area (Å²) in [5.41, 5.74) is -0.361. The monoisotopic (exact) mass is 588 g/mol. The van der Waals surface area contributed by atoms with Gasteiger partial charge < -0.3 is 20.1 Å². The zero-order valence-corrected chi connectivity index (χ0v) is 24.9. The minimum absolute atomic E-state index is 0.0332. The lowest BCUT2D eigenvalue weighted by molar-refractivity contribution is -0.138. The lowest BCUT2D eigenvalue weighted by Crippen LogP contribution is -2.53. The molecule has 0 aromatic rings. The third-order valence-electron chi connectivity index (χ3n) is 8.70.